The number of hydrogen-bond acceptors (Lipinski definition) is 1. The van der Waals surface area contributed by atoms with Crippen molar-refractivity contribution in [2.75, 3.05) is 0 Å². The van der Waals surface area contributed by atoms with E-state index in [4.69, 9.17) is 17.3 Å². The van der Waals surface area contributed by atoms with Crippen molar-refractivity contribution in [3.63, 3.8) is 0 Å². The molecule has 2 nitrogen and oxygen atoms in total. The minimum absolute atomic E-state index is 0.427. The SMILES string of the molecule is NC(=O)c1cccc(-c2cccc(Cl)c2)c1. The van der Waals surface area contributed by atoms with Crippen LogP contribution in [0.2, 0.25) is 5.02 Å². The molecule has 0 aliphatic heterocycles. The van der Waals surface area contributed by atoms with Gasteiger partial charge in [-0.05, 0) is 35.4 Å². The summed E-state index contributed by atoms with van der Waals surface area (Å²) in [6, 6.07) is 14.6. The number of rotatable bonds is 2. The fourth-order valence-electron chi connectivity index (χ4n) is 1.52. The molecule has 2 aromatic carbocycles. The van der Waals surface area contributed by atoms with Gasteiger partial charge in [-0.3, -0.25) is 4.79 Å². The van der Waals surface area contributed by atoms with Crippen LogP contribution >= 0.6 is 11.6 Å². The molecule has 2 rings (SSSR count). The molecule has 2 N–H and O–H groups in total. The number of benzene rings is 2. The Balaban J connectivity index is 2.48. The lowest BCUT2D eigenvalue weighted by molar-refractivity contribution is 0.100. The lowest BCUT2D eigenvalue weighted by atomic mass is 10.0. The number of carbonyl (C=O) groups is 1. The Morgan fingerprint density at radius 3 is 2.25 bits per heavy atom. The van der Waals surface area contributed by atoms with E-state index in [1.54, 1.807) is 18.2 Å². The van der Waals surface area contributed by atoms with Gasteiger partial charge in [0.1, 0.15) is 0 Å². The summed E-state index contributed by atoms with van der Waals surface area (Å²) in [5.74, 6) is -0.427. The molecule has 0 aliphatic rings. The van der Waals surface area contributed by atoms with E-state index in [2.05, 4.69) is 0 Å². The van der Waals surface area contributed by atoms with Crippen molar-refractivity contribution in [1.29, 1.82) is 0 Å². The quantitative estimate of drug-likeness (QED) is 0.848. The van der Waals surface area contributed by atoms with Gasteiger partial charge in [0, 0.05) is 10.6 Å². The van der Waals surface area contributed by atoms with Crippen LogP contribution in [0.1, 0.15) is 10.4 Å². The highest BCUT2D eigenvalue weighted by Gasteiger charge is 2.03. The van der Waals surface area contributed by atoms with Gasteiger partial charge in [0.2, 0.25) is 5.91 Å². The molecule has 80 valence electrons. The molecular weight excluding hydrogens is 222 g/mol. The molecule has 16 heavy (non-hydrogen) atoms. The van der Waals surface area contributed by atoms with Gasteiger partial charge in [-0.15, -0.1) is 0 Å². The molecule has 0 atom stereocenters. The highest BCUT2D eigenvalue weighted by molar-refractivity contribution is 6.30. The zero-order chi connectivity index (χ0) is 11.5. The van der Waals surface area contributed by atoms with Gasteiger partial charge in [0.05, 0.1) is 0 Å². The summed E-state index contributed by atoms with van der Waals surface area (Å²) in [6.45, 7) is 0. The monoisotopic (exact) mass is 231 g/mol. The largest absolute Gasteiger partial charge is 0.366 e. The Morgan fingerprint density at radius 1 is 1.00 bits per heavy atom. The number of halogens is 1. The Labute approximate surface area is 98.7 Å². The molecule has 0 aliphatic carbocycles. The maximum absolute atomic E-state index is 11.0. The van der Waals surface area contributed by atoms with Gasteiger partial charge in [0.25, 0.3) is 0 Å². The molecule has 0 radical (unpaired) electrons. The minimum Gasteiger partial charge on any atom is -0.366 e. The van der Waals surface area contributed by atoms with E-state index >= 15 is 0 Å². The van der Waals surface area contributed by atoms with Crippen molar-refractivity contribution in [3.05, 3.63) is 59.1 Å². The molecule has 1 amide bonds. The molecule has 0 saturated heterocycles. The average molecular weight is 232 g/mol. The number of hydrogen-bond donors (Lipinski definition) is 1. The molecule has 0 aromatic heterocycles. The van der Waals surface area contributed by atoms with E-state index in [0.29, 0.717) is 10.6 Å². The Kier molecular flexibility index (Phi) is 2.93. The molecule has 3 heteroatoms. The molecule has 0 saturated carbocycles. The Bertz CT molecular complexity index is 537. The van der Waals surface area contributed by atoms with E-state index < -0.39 is 5.91 Å². The Morgan fingerprint density at radius 2 is 1.62 bits per heavy atom. The highest BCUT2D eigenvalue weighted by atomic mass is 35.5. The highest BCUT2D eigenvalue weighted by Crippen LogP contribution is 2.23. The van der Waals surface area contributed by atoms with Crippen LogP contribution < -0.4 is 5.73 Å². The molecule has 0 fully saturated rings. The van der Waals surface area contributed by atoms with Gasteiger partial charge in [-0.1, -0.05) is 35.9 Å². The third-order valence-electron chi connectivity index (χ3n) is 2.31. The van der Waals surface area contributed by atoms with Crippen molar-refractivity contribution in [1.82, 2.24) is 0 Å². The molecule has 0 bridgehead atoms. The normalized spacial score (nSPS) is 10.1. The zero-order valence-corrected chi connectivity index (χ0v) is 9.24. The first kappa shape index (κ1) is 10.7. The number of primary amides is 1. The third kappa shape index (κ3) is 2.23. The second-order valence-electron chi connectivity index (χ2n) is 3.46. The predicted octanol–water partition coefficient (Wildman–Crippen LogP) is 3.11. The van der Waals surface area contributed by atoms with Crippen LogP contribution in [0.5, 0.6) is 0 Å². The summed E-state index contributed by atoms with van der Waals surface area (Å²) in [5, 5.41) is 0.668. The first-order valence-electron chi connectivity index (χ1n) is 4.82. The first-order valence-corrected chi connectivity index (χ1v) is 5.20. The second-order valence-corrected chi connectivity index (χ2v) is 3.89. The summed E-state index contributed by atoms with van der Waals surface area (Å²) in [6.07, 6.45) is 0. The first-order chi connectivity index (χ1) is 7.66. The maximum atomic E-state index is 11.0. The van der Waals surface area contributed by atoms with Crippen LogP contribution in [-0.2, 0) is 0 Å². The van der Waals surface area contributed by atoms with Crippen molar-refractivity contribution in [2.45, 2.75) is 0 Å². The van der Waals surface area contributed by atoms with Crippen molar-refractivity contribution >= 4 is 17.5 Å². The van der Waals surface area contributed by atoms with Crippen molar-refractivity contribution in [2.24, 2.45) is 5.73 Å². The van der Waals surface area contributed by atoms with E-state index in [9.17, 15) is 4.79 Å². The number of carbonyl (C=O) groups excluding carboxylic acids is 1. The second kappa shape index (κ2) is 4.37. The fraction of sp³-hybridized carbons (Fsp3) is 0. The predicted molar refractivity (Wildman–Crippen MR) is 65.4 cm³/mol. The van der Waals surface area contributed by atoms with E-state index in [1.807, 2.05) is 30.3 Å². The minimum atomic E-state index is -0.427. The maximum Gasteiger partial charge on any atom is 0.248 e. The van der Waals surface area contributed by atoms with Crippen LogP contribution in [0.4, 0.5) is 0 Å². The third-order valence-corrected chi connectivity index (χ3v) is 2.54. The summed E-state index contributed by atoms with van der Waals surface area (Å²) in [5.41, 5.74) is 7.62. The molecule has 0 unspecified atom stereocenters. The van der Waals surface area contributed by atoms with Gasteiger partial charge in [0.15, 0.2) is 0 Å². The summed E-state index contributed by atoms with van der Waals surface area (Å²) < 4.78 is 0. The van der Waals surface area contributed by atoms with Crippen LogP contribution in [-0.4, -0.2) is 5.91 Å². The fourth-order valence-corrected chi connectivity index (χ4v) is 1.71. The van der Waals surface area contributed by atoms with E-state index in [-0.39, 0.29) is 0 Å². The van der Waals surface area contributed by atoms with Crippen molar-refractivity contribution < 1.29 is 4.79 Å². The van der Waals surface area contributed by atoms with Crippen molar-refractivity contribution in [3.8, 4) is 11.1 Å². The summed E-state index contributed by atoms with van der Waals surface area (Å²) >= 11 is 5.91. The molecule has 0 spiro atoms. The van der Waals surface area contributed by atoms with Gasteiger partial charge in [-0.25, -0.2) is 0 Å². The van der Waals surface area contributed by atoms with E-state index in [1.165, 1.54) is 0 Å². The Hall–Kier alpha value is -1.80. The van der Waals surface area contributed by atoms with Gasteiger partial charge in [-0.2, -0.15) is 0 Å². The standard InChI is InChI=1S/C13H10ClNO/c14-12-6-2-4-10(8-12)9-3-1-5-11(7-9)13(15)16/h1-8H,(H2,15,16). The van der Waals surface area contributed by atoms with Gasteiger partial charge < -0.3 is 5.73 Å². The lowest BCUT2D eigenvalue weighted by Gasteiger charge is -2.03. The van der Waals surface area contributed by atoms with Crippen LogP contribution in [0, 0.1) is 0 Å². The van der Waals surface area contributed by atoms with Crippen LogP contribution in [0.25, 0.3) is 11.1 Å². The summed E-state index contributed by atoms with van der Waals surface area (Å²) in [4.78, 5) is 11.0. The zero-order valence-electron chi connectivity index (χ0n) is 8.48. The van der Waals surface area contributed by atoms with Gasteiger partial charge >= 0.3 is 0 Å². The molecule has 0 heterocycles. The number of amides is 1. The molecular formula is C13H10ClNO. The topological polar surface area (TPSA) is 43.1 Å². The van der Waals surface area contributed by atoms with Crippen LogP contribution in [0.3, 0.4) is 0 Å². The number of nitrogens with two attached hydrogens (primary N) is 1. The smallest absolute Gasteiger partial charge is 0.248 e. The molecule has 2 aromatic rings. The van der Waals surface area contributed by atoms with E-state index in [0.717, 1.165) is 11.1 Å². The lowest BCUT2D eigenvalue weighted by Crippen LogP contribution is -2.10. The summed E-state index contributed by atoms with van der Waals surface area (Å²) in [7, 11) is 0. The van der Waals surface area contributed by atoms with Crippen LogP contribution in [0.15, 0.2) is 48.5 Å². The average Bonchev–Trinajstić information content (AvgIpc) is 2.29.